The molecule has 1 aromatic rings. The number of aryl methyl sites for hydroxylation is 1. The van der Waals surface area contributed by atoms with Crippen LogP contribution >= 0.6 is 0 Å². The summed E-state index contributed by atoms with van der Waals surface area (Å²) in [5.41, 5.74) is 1.31. The van der Waals surface area contributed by atoms with Gasteiger partial charge in [-0.1, -0.05) is 6.07 Å². The minimum absolute atomic E-state index is 0.0288. The highest BCUT2D eigenvalue weighted by Gasteiger charge is 2.52. The average Bonchev–Trinajstić information content (AvgIpc) is 3.20. The van der Waals surface area contributed by atoms with Crippen LogP contribution in [0.2, 0.25) is 0 Å². The van der Waals surface area contributed by atoms with Gasteiger partial charge in [0.05, 0.1) is 6.54 Å². The zero-order chi connectivity index (χ0) is 14.3. The standard InChI is InChI=1S/C15H19N3O2/c1-10-5-11(7-16-6-10)8-18-9-13(19)17-15(2,14(18)20)12-3-4-12/h5-7,12H,3-4,8-9H2,1-2H3,(H,17,19). The minimum atomic E-state index is -0.716. The summed E-state index contributed by atoms with van der Waals surface area (Å²) in [4.78, 5) is 30.3. The highest BCUT2D eigenvalue weighted by molar-refractivity contribution is 5.98. The Labute approximate surface area is 118 Å². The van der Waals surface area contributed by atoms with E-state index in [1.165, 1.54) is 0 Å². The van der Waals surface area contributed by atoms with Gasteiger partial charge in [0.1, 0.15) is 5.54 Å². The number of nitrogens with zero attached hydrogens (tertiary/aromatic N) is 2. The minimum Gasteiger partial charge on any atom is -0.340 e. The first-order chi connectivity index (χ1) is 9.49. The quantitative estimate of drug-likeness (QED) is 0.894. The second-order valence-electron chi connectivity index (χ2n) is 6.06. The SMILES string of the molecule is Cc1cncc(CN2CC(=O)NC(C)(C3CC3)C2=O)c1. The van der Waals surface area contributed by atoms with Gasteiger partial charge in [-0.3, -0.25) is 14.6 Å². The third-order valence-electron chi connectivity index (χ3n) is 4.16. The Hall–Kier alpha value is -1.91. The fourth-order valence-corrected chi connectivity index (χ4v) is 2.95. The van der Waals surface area contributed by atoms with E-state index in [2.05, 4.69) is 10.3 Å². The van der Waals surface area contributed by atoms with E-state index in [0.717, 1.165) is 24.0 Å². The lowest BCUT2D eigenvalue weighted by molar-refractivity contribution is -0.150. The molecule has 1 aromatic heterocycles. The maximum Gasteiger partial charge on any atom is 0.249 e. The molecule has 0 radical (unpaired) electrons. The van der Waals surface area contributed by atoms with Crippen LogP contribution in [0.5, 0.6) is 0 Å². The molecular weight excluding hydrogens is 254 g/mol. The molecular formula is C15H19N3O2. The van der Waals surface area contributed by atoms with Crippen LogP contribution in [-0.4, -0.2) is 33.8 Å². The number of carbonyl (C=O) groups is 2. The lowest BCUT2D eigenvalue weighted by atomic mass is 9.91. The van der Waals surface area contributed by atoms with E-state index in [9.17, 15) is 9.59 Å². The molecule has 1 aliphatic carbocycles. The molecule has 1 saturated heterocycles. The van der Waals surface area contributed by atoms with Crippen molar-refractivity contribution in [3.63, 3.8) is 0 Å². The average molecular weight is 273 g/mol. The van der Waals surface area contributed by atoms with Gasteiger partial charge in [0.15, 0.2) is 0 Å². The molecule has 3 rings (SSSR count). The predicted molar refractivity (Wildman–Crippen MR) is 73.7 cm³/mol. The highest BCUT2D eigenvalue weighted by atomic mass is 16.2. The number of hydrogen-bond acceptors (Lipinski definition) is 3. The monoisotopic (exact) mass is 273 g/mol. The molecule has 5 nitrogen and oxygen atoms in total. The number of rotatable bonds is 3. The fourth-order valence-electron chi connectivity index (χ4n) is 2.95. The van der Waals surface area contributed by atoms with E-state index in [1.54, 1.807) is 17.3 Å². The zero-order valence-corrected chi connectivity index (χ0v) is 11.8. The summed E-state index contributed by atoms with van der Waals surface area (Å²) in [5.74, 6) is 0.248. The van der Waals surface area contributed by atoms with Gasteiger partial charge in [0, 0.05) is 18.9 Å². The van der Waals surface area contributed by atoms with Crippen molar-refractivity contribution in [2.75, 3.05) is 6.54 Å². The lowest BCUT2D eigenvalue weighted by Gasteiger charge is -2.40. The Kier molecular flexibility index (Phi) is 3.00. The van der Waals surface area contributed by atoms with Gasteiger partial charge in [-0.15, -0.1) is 0 Å². The molecule has 0 aromatic carbocycles. The van der Waals surface area contributed by atoms with Crippen molar-refractivity contribution >= 4 is 11.8 Å². The molecule has 1 aliphatic heterocycles. The third kappa shape index (κ3) is 2.28. The van der Waals surface area contributed by atoms with Crippen LogP contribution in [0.3, 0.4) is 0 Å². The molecule has 2 amide bonds. The second-order valence-corrected chi connectivity index (χ2v) is 6.06. The zero-order valence-electron chi connectivity index (χ0n) is 11.8. The Morgan fingerprint density at radius 2 is 2.15 bits per heavy atom. The number of piperazine rings is 1. The predicted octanol–water partition coefficient (Wildman–Crippen LogP) is 1.02. The van der Waals surface area contributed by atoms with E-state index >= 15 is 0 Å². The van der Waals surface area contributed by atoms with Crippen LogP contribution in [0.15, 0.2) is 18.5 Å². The van der Waals surface area contributed by atoms with Crippen LogP contribution < -0.4 is 5.32 Å². The number of aromatic nitrogens is 1. The maximum atomic E-state index is 12.7. The third-order valence-corrected chi connectivity index (χ3v) is 4.16. The summed E-state index contributed by atoms with van der Waals surface area (Å²) < 4.78 is 0. The van der Waals surface area contributed by atoms with Gasteiger partial charge >= 0.3 is 0 Å². The van der Waals surface area contributed by atoms with E-state index in [1.807, 2.05) is 19.9 Å². The molecule has 2 heterocycles. The molecule has 1 saturated carbocycles. The molecule has 106 valence electrons. The molecule has 5 heteroatoms. The summed E-state index contributed by atoms with van der Waals surface area (Å²) in [6.45, 7) is 4.40. The fraction of sp³-hybridized carbons (Fsp3) is 0.533. The Bertz CT molecular complexity index is 568. The summed E-state index contributed by atoms with van der Waals surface area (Å²) in [6, 6.07) is 2.00. The molecule has 0 spiro atoms. The van der Waals surface area contributed by atoms with Crippen molar-refractivity contribution < 1.29 is 9.59 Å². The van der Waals surface area contributed by atoms with Crippen molar-refractivity contribution in [3.8, 4) is 0 Å². The molecule has 1 atom stereocenters. The van der Waals surface area contributed by atoms with Crippen LogP contribution in [-0.2, 0) is 16.1 Å². The van der Waals surface area contributed by atoms with Crippen molar-refractivity contribution in [1.29, 1.82) is 0 Å². The molecule has 1 N–H and O–H groups in total. The number of carbonyl (C=O) groups excluding carboxylic acids is 2. The van der Waals surface area contributed by atoms with Crippen LogP contribution in [0, 0.1) is 12.8 Å². The van der Waals surface area contributed by atoms with Crippen molar-refractivity contribution in [3.05, 3.63) is 29.6 Å². The first-order valence-electron chi connectivity index (χ1n) is 7.00. The Balaban J connectivity index is 1.81. The molecule has 2 fully saturated rings. The number of hydrogen-bond donors (Lipinski definition) is 1. The van der Waals surface area contributed by atoms with E-state index < -0.39 is 5.54 Å². The van der Waals surface area contributed by atoms with Gasteiger partial charge in [-0.05, 0) is 43.7 Å². The summed E-state index contributed by atoms with van der Waals surface area (Å²) >= 11 is 0. The Morgan fingerprint density at radius 3 is 2.80 bits per heavy atom. The van der Waals surface area contributed by atoms with Gasteiger partial charge in [-0.25, -0.2) is 0 Å². The number of pyridine rings is 1. The van der Waals surface area contributed by atoms with Crippen molar-refractivity contribution in [1.82, 2.24) is 15.2 Å². The van der Waals surface area contributed by atoms with Crippen LogP contribution in [0.1, 0.15) is 30.9 Å². The van der Waals surface area contributed by atoms with Crippen molar-refractivity contribution in [2.45, 2.75) is 38.8 Å². The van der Waals surface area contributed by atoms with Crippen LogP contribution in [0.4, 0.5) is 0 Å². The summed E-state index contributed by atoms with van der Waals surface area (Å²) in [5, 5.41) is 2.89. The summed E-state index contributed by atoms with van der Waals surface area (Å²) in [6.07, 6.45) is 5.56. The van der Waals surface area contributed by atoms with E-state index in [4.69, 9.17) is 0 Å². The normalized spacial score (nSPS) is 26.6. The maximum absolute atomic E-state index is 12.7. The highest BCUT2D eigenvalue weighted by Crippen LogP contribution is 2.41. The second kappa shape index (κ2) is 4.58. The van der Waals surface area contributed by atoms with E-state index in [0.29, 0.717) is 6.54 Å². The van der Waals surface area contributed by atoms with Crippen LogP contribution in [0.25, 0.3) is 0 Å². The van der Waals surface area contributed by atoms with Crippen molar-refractivity contribution in [2.24, 2.45) is 5.92 Å². The molecule has 20 heavy (non-hydrogen) atoms. The molecule has 2 aliphatic rings. The summed E-state index contributed by atoms with van der Waals surface area (Å²) in [7, 11) is 0. The molecule has 0 bridgehead atoms. The number of nitrogens with one attached hydrogen (secondary N) is 1. The van der Waals surface area contributed by atoms with Gasteiger partial charge in [0.2, 0.25) is 11.8 Å². The lowest BCUT2D eigenvalue weighted by Crippen LogP contribution is -2.66. The topological polar surface area (TPSA) is 62.3 Å². The van der Waals surface area contributed by atoms with Gasteiger partial charge in [0.25, 0.3) is 0 Å². The largest absolute Gasteiger partial charge is 0.340 e. The van der Waals surface area contributed by atoms with Gasteiger partial charge in [-0.2, -0.15) is 0 Å². The molecule has 1 unspecified atom stereocenters. The number of amides is 2. The first kappa shape index (κ1) is 13.1. The van der Waals surface area contributed by atoms with E-state index in [-0.39, 0.29) is 24.3 Å². The smallest absolute Gasteiger partial charge is 0.249 e. The first-order valence-corrected chi connectivity index (χ1v) is 7.00. The Morgan fingerprint density at radius 1 is 1.40 bits per heavy atom. The van der Waals surface area contributed by atoms with Gasteiger partial charge < -0.3 is 10.2 Å².